The van der Waals surface area contributed by atoms with Crippen LogP contribution < -0.4 is 5.32 Å². The van der Waals surface area contributed by atoms with Gasteiger partial charge in [0.2, 0.25) is 0 Å². The van der Waals surface area contributed by atoms with Gasteiger partial charge in [0.25, 0.3) is 0 Å². The molecule has 2 aromatic heterocycles. The molecule has 1 aromatic carbocycles. The van der Waals surface area contributed by atoms with Gasteiger partial charge in [-0.25, -0.2) is 4.79 Å². The van der Waals surface area contributed by atoms with Gasteiger partial charge in [-0.15, -0.1) is 11.3 Å². The second-order valence-electron chi connectivity index (χ2n) is 7.99. The number of rotatable bonds is 1. The summed E-state index contributed by atoms with van der Waals surface area (Å²) in [6.45, 7) is 4.73. The molecule has 0 radical (unpaired) electrons. The number of carbonyl (C=O) groups is 1. The molecular formula is C23H24ClN3OS. The quantitative estimate of drug-likeness (QED) is 0.475. The van der Waals surface area contributed by atoms with E-state index in [4.69, 9.17) is 11.6 Å². The number of carbonyl (C=O) groups excluding carboxylic acids is 1. The maximum atomic E-state index is 13.4. The Morgan fingerprint density at radius 2 is 2.03 bits per heavy atom. The summed E-state index contributed by atoms with van der Waals surface area (Å²) in [4.78, 5) is 16.9. The number of nitrogens with zero attached hydrogens (tertiary/aromatic N) is 2. The highest BCUT2D eigenvalue weighted by molar-refractivity contribution is 7.15. The minimum atomic E-state index is -0.0840. The van der Waals surface area contributed by atoms with Gasteiger partial charge in [0.05, 0.1) is 12.6 Å². The van der Waals surface area contributed by atoms with Gasteiger partial charge in [-0.3, -0.25) is 0 Å². The van der Waals surface area contributed by atoms with E-state index in [-0.39, 0.29) is 12.1 Å². The predicted octanol–water partition coefficient (Wildman–Crippen LogP) is 6.49. The van der Waals surface area contributed by atoms with E-state index in [1.165, 1.54) is 33.8 Å². The zero-order chi connectivity index (χ0) is 20.1. The number of fused-ring (bicyclic) bond motifs is 5. The van der Waals surface area contributed by atoms with Crippen molar-refractivity contribution in [1.29, 1.82) is 0 Å². The van der Waals surface area contributed by atoms with Gasteiger partial charge in [-0.1, -0.05) is 17.7 Å². The minimum absolute atomic E-state index is 0.0247. The Balaban J connectivity index is 1.55. The first-order valence-electron chi connectivity index (χ1n) is 10.2. The van der Waals surface area contributed by atoms with Crippen molar-refractivity contribution in [2.24, 2.45) is 0 Å². The number of hydrogen-bond acceptors (Lipinski definition) is 2. The highest BCUT2D eigenvalue weighted by Gasteiger charge is 2.33. The van der Waals surface area contributed by atoms with Gasteiger partial charge >= 0.3 is 6.03 Å². The number of aryl methyl sites for hydroxylation is 2. The Kier molecular flexibility index (Phi) is 4.67. The predicted molar refractivity (Wildman–Crippen MR) is 119 cm³/mol. The first-order valence-corrected chi connectivity index (χ1v) is 11.4. The van der Waals surface area contributed by atoms with Crippen LogP contribution in [0.25, 0.3) is 5.00 Å². The number of halogens is 1. The van der Waals surface area contributed by atoms with Crippen LogP contribution in [0.2, 0.25) is 5.02 Å². The van der Waals surface area contributed by atoms with Gasteiger partial charge in [0.15, 0.2) is 0 Å². The number of urea groups is 1. The third-order valence-electron chi connectivity index (χ3n) is 6.18. The molecule has 1 aliphatic carbocycles. The van der Waals surface area contributed by atoms with Crippen LogP contribution in [-0.2, 0) is 19.4 Å². The average Bonchev–Trinajstić information content (AvgIpc) is 3.30. The summed E-state index contributed by atoms with van der Waals surface area (Å²) >= 11 is 8.07. The summed E-state index contributed by atoms with van der Waals surface area (Å²) in [6.07, 6.45) is 6.91. The zero-order valence-electron chi connectivity index (χ0n) is 16.7. The lowest BCUT2D eigenvalue weighted by Gasteiger charge is -2.28. The van der Waals surface area contributed by atoms with Crippen LogP contribution >= 0.6 is 22.9 Å². The third kappa shape index (κ3) is 3.17. The Bertz CT molecular complexity index is 1100. The summed E-state index contributed by atoms with van der Waals surface area (Å²) in [5.41, 5.74) is 5.72. The van der Waals surface area contributed by atoms with E-state index >= 15 is 0 Å². The lowest BCUT2D eigenvalue weighted by molar-refractivity contribution is 0.189. The molecule has 2 aliphatic rings. The molecule has 1 N–H and O–H groups in total. The highest BCUT2D eigenvalue weighted by Crippen LogP contribution is 2.42. The van der Waals surface area contributed by atoms with Crippen molar-refractivity contribution in [1.82, 2.24) is 9.47 Å². The molecule has 4 nitrogen and oxygen atoms in total. The molecular weight excluding hydrogens is 402 g/mol. The van der Waals surface area contributed by atoms with E-state index < -0.39 is 0 Å². The Morgan fingerprint density at radius 1 is 1.21 bits per heavy atom. The molecule has 1 aliphatic heterocycles. The number of nitrogens with one attached hydrogen (secondary N) is 1. The molecule has 3 aromatic rings. The molecule has 0 saturated carbocycles. The fraction of sp³-hybridized carbons (Fsp3) is 0.348. The first-order chi connectivity index (χ1) is 14.0. The SMILES string of the molecule is Cc1ccc(Cl)cc1NC(=O)N1Cc2c(sc3c2CCCC3)-n2cccc2[C@@H]1C. The highest BCUT2D eigenvalue weighted by atomic mass is 35.5. The molecule has 5 rings (SSSR count). The summed E-state index contributed by atoms with van der Waals surface area (Å²) in [5.74, 6) is 0. The van der Waals surface area contributed by atoms with Crippen LogP contribution in [0, 0.1) is 6.92 Å². The van der Waals surface area contributed by atoms with Gasteiger partial charge in [-0.05, 0) is 74.9 Å². The number of anilines is 1. The first kappa shape index (κ1) is 18.8. The van der Waals surface area contributed by atoms with Gasteiger partial charge < -0.3 is 14.8 Å². The standard InChI is InChI=1S/C23H24ClN3OS/c1-14-9-10-16(24)12-19(14)25-23(28)27-13-18-17-6-3-4-8-21(17)29-22(18)26-11-5-7-20(26)15(27)2/h5,7,9-12,15H,3-4,6,8,13H2,1-2H3,(H,25,28)/t15-/m0/s1. The summed E-state index contributed by atoms with van der Waals surface area (Å²) in [6, 6.07) is 9.70. The molecule has 29 heavy (non-hydrogen) atoms. The fourth-order valence-corrected chi connectivity index (χ4v) is 6.10. The lowest BCUT2D eigenvalue weighted by atomic mass is 9.95. The van der Waals surface area contributed by atoms with Crippen molar-refractivity contribution in [3.05, 3.63) is 68.8 Å². The molecule has 6 heteroatoms. The Labute approximate surface area is 180 Å². The van der Waals surface area contributed by atoms with Gasteiger partial charge in [0, 0.05) is 33.0 Å². The molecule has 0 saturated heterocycles. The number of amides is 2. The van der Waals surface area contributed by atoms with Gasteiger partial charge in [-0.2, -0.15) is 0 Å². The topological polar surface area (TPSA) is 37.3 Å². The monoisotopic (exact) mass is 425 g/mol. The smallest absolute Gasteiger partial charge is 0.312 e. The molecule has 0 fully saturated rings. The summed E-state index contributed by atoms with van der Waals surface area (Å²) in [7, 11) is 0. The molecule has 1 atom stereocenters. The number of thiophene rings is 1. The number of hydrogen-bond donors (Lipinski definition) is 1. The van der Waals surface area contributed by atoms with Crippen LogP contribution in [0.15, 0.2) is 36.5 Å². The maximum absolute atomic E-state index is 13.4. The normalized spacial score (nSPS) is 17.9. The van der Waals surface area contributed by atoms with Crippen molar-refractivity contribution in [2.75, 3.05) is 5.32 Å². The second-order valence-corrected chi connectivity index (χ2v) is 9.51. The van der Waals surface area contributed by atoms with E-state index in [9.17, 15) is 4.79 Å². The summed E-state index contributed by atoms with van der Waals surface area (Å²) in [5, 5.41) is 5.01. The second kappa shape index (κ2) is 7.22. The van der Waals surface area contributed by atoms with E-state index in [0.29, 0.717) is 11.6 Å². The molecule has 0 bridgehead atoms. The van der Waals surface area contributed by atoms with Crippen LogP contribution in [0.5, 0.6) is 0 Å². The van der Waals surface area contributed by atoms with Crippen molar-refractivity contribution < 1.29 is 4.79 Å². The minimum Gasteiger partial charge on any atom is -0.312 e. The lowest BCUT2D eigenvalue weighted by Crippen LogP contribution is -2.36. The van der Waals surface area contributed by atoms with Crippen LogP contribution in [0.4, 0.5) is 10.5 Å². The average molecular weight is 426 g/mol. The molecule has 150 valence electrons. The maximum Gasteiger partial charge on any atom is 0.322 e. The van der Waals surface area contributed by atoms with Crippen molar-refractivity contribution in [2.45, 2.75) is 52.1 Å². The van der Waals surface area contributed by atoms with E-state index in [2.05, 4.69) is 35.1 Å². The van der Waals surface area contributed by atoms with Crippen molar-refractivity contribution in [3.8, 4) is 5.00 Å². The third-order valence-corrected chi connectivity index (χ3v) is 7.75. The molecule has 0 spiro atoms. The Morgan fingerprint density at radius 3 is 2.90 bits per heavy atom. The van der Waals surface area contributed by atoms with Crippen molar-refractivity contribution in [3.63, 3.8) is 0 Å². The van der Waals surface area contributed by atoms with E-state index in [1.54, 1.807) is 0 Å². The van der Waals surface area contributed by atoms with Gasteiger partial charge in [0.1, 0.15) is 5.00 Å². The molecule has 0 unspecified atom stereocenters. The van der Waals surface area contributed by atoms with Crippen LogP contribution in [0.3, 0.4) is 0 Å². The van der Waals surface area contributed by atoms with Crippen LogP contribution in [0.1, 0.15) is 53.1 Å². The summed E-state index contributed by atoms with van der Waals surface area (Å²) < 4.78 is 2.29. The molecule has 3 heterocycles. The van der Waals surface area contributed by atoms with Crippen LogP contribution in [-0.4, -0.2) is 15.5 Å². The zero-order valence-corrected chi connectivity index (χ0v) is 18.2. The fourth-order valence-electron chi connectivity index (χ4n) is 4.52. The van der Waals surface area contributed by atoms with E-state index in [1.807, 2.05) is 41.4 Å². The number of benzene rings is 1. The largest absolute Gasteiger partial charge is 0.322 e. The van der Waals surface area contributed by atoms with Crippen molar-refractivity contribution >= 4 is 34.7 Å². The molecule has 2 amide bonds. The Hall–Kier alpha value is -2.24. The van der Waals surface area contributed by atoms with E-state index in [0.717, 1.165) is 29.8 Å². The number of aromatic nitrogens is 1.